The molecule has 1 radical (unpaired) electrons. The smallest absolute Gasteiger partial charge is 0.210 e. The third-order valence-corrected chi connectivity index (χ3v) is 1.29. The van der Waals surface area contributed by atoms with E-state index in [-0.39, 0.29) is 38.6 Å². The summed E-state index contributed by atoms with van der Waals surface area (Å²) in [7, 11) is 0. The standard InChI is InChI=1S/C9H10NO.Y/c1-7-3-5-9(6-4-7)10-8(2)11;/h3,5-6H,1-2H3,(H,10,11);/q-1;. The van der Waals surface area contributed by atoms with Crippen LogP contribution in [0.1, 0.15) is 12.5 Å². The van der Waals surface area contributed by atoms with Crippen LogP contribution in [0, 0.1) is 13.0 Å². The van der Waals surface area contributed by atoms with Gasteiger partial charge in [-0.15, -0.1) is 6.07 Å². The van der Waals surface area contributed by atoms with Crippen molar-refractivity contribution in [3.8, 4) is 0 Å². The van der Waals surface area contributed by atoms with Gasteiger partial charge in [-0.1, -0.05) is 12.6 Å². The largest absolute Gasteiger partial charge is 0.380 e. The SMILES string of the molecule is CC(=O)Nc1c[c-]c(C)cc1.[Y]. The summed E-state index contributed by atoms with van der Waals surface area (Å²) in [5.74, 6) is -0.0535. The Bertz CT molecular complexity index is 256. The Morgan fingerprint density at radius 3 is 2.58 bits per heavy atom. The fourth-order valence-corrected chi connectivity index (χ4v) is 0.784. The normalized spacial score (nSPS) is 8.50. The van der Waals surface area contributed by atoms with Crippen LogP contribution < -0.4 is 5.32 Å². The van der Waals surface area contributed by atoms with E-state index in [0.717, 1.165) is 11.3 Å². The number of hydrogen-bond acceptors (Lipinski definition) is 1. The zero-order chi connectivity index (χ0) is 8.27. The molecular weight excluding hydrogens is 227 g/mol. The van der Waals surface area contributed by atoms with E-state index in [4.69, 9.17) is 0 Å². The summed E-state index contributed by atoms with van der Waals surface area (Å²) in [6.45, 7) is 3.44. The van der Waals surface area contributed by atoms with Gasteiger partial charge in [0.2, 0.25) is 5.91 Å². The van der Waals surface area contributed by atoms with Crippen LogP contribution in [0.4, 0.5) is 5.69 Å². The Kier molecular flexibility index (Phi) is 5.35. The average molecular weight is 237 g/mol. The number of nitrogens with one attached hydrogen (secondary N) is 1. The van der Waals surface area contributed by atoms with E-state index in [2.05, 4.69) is 11.4 Å². The predicted octanol–water partition coefficient (Wildman–Crippen LogP) is 1.75. The third kappa shape index (κ3) is 3.98. The molecule has 0 aliphatic heterocycles. The van der Waals surface area contributed by atoms with Gasteiger partial charge < -0.3 is 5.32 Å². The molecule has 1 amide bonds. The van der Waals surface area contributed by atoms with Gasteiger partial charge in [-0.25, -0.2) is 0 Å². The van der Waals surface area contributed by atoms with Crippen LogP contribution in [-0.2, 0) is 37.5 Å². The molecule has 3 heteroatoms. The van der Waals surface area contributed by atoms with Crippen molar-refractivity contribution in [2.75, 3.05) is 5.32 Å². The molecule has 0 bridgehead atoms. The number of hydrogen-bond donors (Lipinski definition) is 1. The van der Waals surface area contributed by atoms with Gasteiger partial charge in [-0.3, -0.25) is 4.79 Å². The molecule has 0 aliphatic carbocycles. The number of carbonyl (C=O) groups excluding carboxylic acids is 1. The molecule has 1 N–H and O–H groups in total. The van der Waals surface area contributed by atoms with E-state index in [1.165, 1.54) is 6.92 Å². The molecule has 0 aromatic heterocycles. The van der Waals surface area contributed by atoms with Gasteiger partial charge in [0.15, 0.2) is 0 Å². The number of benzene rings is 1. The van der Waals surface area contributed by atoms with Crippen molar-refractivity contribution in [2.24, 2.45) is 0 Å². The van der Waals surface area contributed by atoms with Gasteiger partial charge in [0.1, 0.15) is 0 Å². The number of rotatable bonds is 1. The van der Waals surface area contributed by atoms with Gasteiger partial charge >= 0.3 is 0 Å². The first kappa shape index (κ1) is 11.8. The molecular formula is C9H10NOY-. The molecule has 61 valence electrons. The van der Waals surface area contributed by atoms with E-state index >= 15 is 0 Å². The van der Waals surface area contributed by atoms with Crippen molar-refractivity contribution >= 4 is 11.6 Å². The van der Waals surface area contributed by atoms with Gasteiger partial charge in [0.25, 0.3) is 0 Å². The Morgan fingerprint density at radius 1 is 1.50 bits per heavy atom. The van der Waals surface area contributed by atoms with Crippen molar-refractivity contribution < 1.29 is 37.5 Å². The van der Waals surface area contributed by atoms with E-state index < -0.39 is 0 Å². The minimum absolute atomic E-state index is 0. The van der Waals surface area contributed by atoms with Crippen LogP contribution in [0.5, 0.6) is 0 Å². The zero-order valence-corrected chi connectivity index (χ0v) is 10.1. The molecule has 1 aromatic carbocycles. The monoisotopic (exact) mass is 237 g/mol. The molecule has 0 atom stereocenters. The van der Waals surface area contributed by atoms with Crippen molar-refractivity contribution in [3.63, 3.8) is 0 Å². The van der Waals surface area contributed by atoms with Crippen LogP contribution in [0.3, 0.4) is 0 Å². The number of aryl methyl sites for hydroxylation is 1. The zero-order valence-electron chi connectivity index (χ0n) is 7.22. The first-order valence-corrected chi connectivity index (χ1v) is 3.44. The van der Waals surface area contributed by atoms with Crippen LogP contribution in [0.2, 0.25) is 0 Å². The summed E-state index contributed by atoms with van der Waals surface area (Å²) < 4.78 is 0. The summed E-state index contributed by atoms with van der Waals surface area (Å²) >= 11 is 0. The summed E-state index contributed by atoms with van der Waals surface area (Å²) in [5.41, 5.74) is 1.86. The van der Waals surface area contributed by atoms with Crippen molar-refractivity contribution in [1.82, 2.24) is 0 Å². The first-order chi connectivity index (χ1) is 5.18. The summed E-state index contributed by atoms with van der Waals surface area (Å²) in [5, 5.41) is 2.66. The topological polar surface area (TPSA) is 29.1 Å². The molecule has 1 aromatic rings. The second-order valence-corrected chi connectivity index (χ2v) is 2.44. The molecule has 0 spiro atoms. The minimum Gasteiger partial charge on any atom is -0.380 e. The molecule has 12 heavy (non-hydrogen) atoms. The van der Waals surface area contributed by atoms with E-state index in [1.54, 1.807) is 6.07 Å². The average Bonchev–Trinajstić information content (AvgIpc) is 1.93. The second-order valence-electron chi connectivity index (χ2n) is 2.44. The molecule has 2 nitrogen and oxygen atoms in total. The summed E-state index contributed by atoms with van der Waals surface area (Å²) in [6.07, 6.45) is 0. The van der Waals surface area contributed by atoms with E-state index in [1.807, 2.05) is 19.1 Å². The predicted molar refractivity (Wildman–Crippen MR) is 44.3 cm³/mol. The third-order valence-electron chi connectivity index (χ3n) is 1.29. The Morgan fingerprint density at radius 2 is 2.17 bits per heavy atom. The fraction of sp³-hybridized carbons (Fsp3) is 0.222. The maximum Gasteiger partial charge on any atom is 0.210 e. The fourth-order valence-electron chi connectivity index (χ4n) is 0.784. The van der Waals surface area contributed by atoms with Gasteiger partial charge in [-0.05, 0) is 0 Å². The first-order valence-electron chi connectivity index (χ1n) is 3.44. The molecule has 0 unspecified atom stereocenters. The van der Waals surface area contributed by atoms with E-state index in [0.29, 0.717) is 0 Å². The van der Waals surface area contributed by atoms with Crippen molar-refractivity contribution in [3.05, 3.63) is 29.8 Å². The maximum absolute atomic E-state index is 10.6. The Labute approximate surface area is 97.6 Å². The summed E-state index contributed by atoms with van der Waals surface area (Å²) in [6, 6.07) is 8.51. The van der Waals surface area contributed by atoms with E-state index in [9.17, 15) is 4.79 Å². The second kappa shape index (κ2) is 5.44. The molecule has 0 heterocycles. The Balaban J connectivity index is 0.00000121. The van der Waals surface area contributed by atoms with Crippen molar-refractivity contribution in [1.29, 1.82) is 0 Å². The molecule has 0 saturated carbocycles. The van der Waals surface area contributed by atoms with Gasteiger partial charge in [-0.2, -0.15) is 23.8 Å². The summed E-state index contributed by atoms with van der Waals surface area (Å²) in [4.78, 5) is 10.6. The number of anilines is 1. The van der Waals surface area contributed by atoms with Crippen LogP contribution in [0.15, 0.2) is 18.2 Å². The van der Waals surface area contributed by atoms with Gasteiger partial charge in [0.05, 0.1) is 0 Å². The molecule has 0 fully saturated rings. The number of carbonyl (C=O) groups is 1. The quantitative estimate of drug-likeness (QED) is 0.740. The molecule has 1 rings (SSSR count). The van der Waals surface area contributed by atoms with Crippen molar-refractivity contribution in [2.45, 2.75) is 13.8 Å². The van der Waals surface area contributed by atoms with Crippen LogP contribution in [-0.4, -0.2) is 5.91 Å². The molecule has 0 saturated heterocycles. The minimum atomic E-state index is -0.0535. The molecule has 0 aliphatic rings. The number of amides is 1. The van der Waals surface area contributed by atoms with Crippen LogP contribution in [0.25, 0.3) is 0 Å². The maximum atomic E-state index is 10.6. The van der Waals surface area contributed by atoms with Gasteiger partial charge in [0, 0.05) is 39.6 Å². The Hall–Kier alpha value is -0.206. The van der Waals surface area contributed by atoms with Crippen LogP contribution >= 0.6 is 0 Å².